The smallest absolute Gasteiger partial charge is 0.142 e. The van der Waals surface area contributed by atoms with Crippen molar-refractivity contribution >= 4 is 5.69 Å². The zero-order valence-electron chi connectivity index (χ0n) is 12.6. The standard InChI is InChI=1S/C17H26N2O/c1-3-10-20-17-7-5-4-6-16(17)18-13-11-14-8-9-15(12-13)19(14)2/h4-7,13-15,18H,3,8-12H2,1-2H3. The predicted octanol–water partition coefficient (Wildman–Crippen LogP) is 3.51. The lowest BCUT2D eigenvalue weighted by molar-refractivity contribution is 0.168. The first-order valence-electron chi connectivity index (χ1n) is 7.98. The summed E-state index contributed by atoms with van der Waals surface area (Å²) in [5.74, 6) is 1.00. The molecule has 2 unspecified atom stereocenters. The Labute approximate surface area is 122 Å². The minimum Gasteiger partial charge on any atom is -0.491 e. The van der Waals surface area contributed by atoms with Crippen molar-refractivity contribution in [3.05, 3.63) is 24.3 Å². The molecule has 2 fully saturated rings. The van der Waals surface area contributed by atoms with Crippen molar-refractivity contribution in [2.45, 2.75) is 57.2 Å². The van der Waals surface area contributed by atoms with Gasteiger partial charge in [0.15, 0.2) is 0 Å². The lowest BCUT2D eigenvalue weighted by Crippen LogP contribution is -2.44. The first-order valence-corrected chi connectivity index (χ1v) is 7.98. The molecular weight excluding hydrogens is 248 g/mol. The fourth-order valence-corrected chi connectivity index (χ4v) is 3.67. The molecule has 0 spiro atoms. The highest BCUT2D eigenvalue weighted by Gasteiger charge is 2.38. The van der Waals surface area contributed by atoms with Crippen LogP contribution in [0.4, 0.5) is 5.69 Å². The van der Waals surface area contributed by atoms with E-state index in [1.165, 1.54) is 25.7 Å². The van der Waals surface area contributed by atoms with Gasteiger partial charge in [-0.25, -0.2) is 0 Å². The molecule has 110 valence electrons. The quantitative estimate of drug-likeness (QED) is 0.889. The Balaban J connectivity index is 1.66. The van der Waals surface area contributed by atoms with Gasteiger partial charge < -0.3 is 15.0 Å². The third-order valence-corrected chi connectivity index (χ3v) is 4.81. The highest BCUT2D eigenvalue weighted by molar-refractivity contribution is 5.56. The monoisotopic (exact) mass is 274 g/mol. The molecule has 0 radical (unpaired) electrons. The zero-order chi connectivity index (χ0) is 13.9. The van der Waals surface area contributed by atoms with Crippen LogP contribution in [0.1, 0.15) is 39.0 Å². The van der Waals surface area contributed by atoms with Gasteiger partial charge in [-0.3, -0.25) is 0 Å². The molecule has 3 nitrogen and oxygen atoms in total. The van der Waals surface area contributed by atoms with Crippen molar-refractivity contribution in [3.63, 3.8) is 0 Å². The average Bonchev–Trinajstić information content (AvgIpc) is 2.68. The van der Waals surface area contributed by atoms with Crippen LogP contribution < -0.4 is 10.1 Å². The Bertz CT molecular complexity index is 434. The number of nitrogens with zero attached hydrogens (tertiary/aromatic N) is 1. The number of nitrogens with one attached hydrogen (secondary N) is 1. The van der Waals surface area contributed by atoms with Crippen LogP contribution in [0.2, 0.25) is 0 Å². The molecule has 2 bridgehead atoms. The fraction of sp³-hybridized carbons (Fsp3) is 0.647. The Morgan fingerprint density at radius 1 is 1.20 bits per heavy atom. The van der Waals surface area contributed by atoms with E-state index in [2.05, 4.69) is 48.5 Å². The second-order valence-corrected chi connectivity index (χ2v) is 6.21. The second kappa shape index (κ2) is 6.04. The van der Waals surface area contributed by atoms with Crippen LogP contribution in [-0.4, -0.2) is 36.7 Å². The summed E-state index contributed by atoms with van der Waals surface area (Å²) in [5.41, 5.74) is 1.16. The number of benzene rings is 1. The summed E-state index contributed by atoms with van der Waals surface area (Å²) in [5, 5.41) is 3.73. The number of para-hydroxylation sites is 2. The summed E-state index contributed by atoms with van der Waals surface area (Å²) < 4.78 is 5.85. The van der Waals surface area contributed by atoms with Crippen molar-refractivity contribution in [3.8, 4) is 5.75 Å². The molecule has 0 amide bonds. The summed E-state index contributed by atoms with van der Waals surface area (Å²) in [7, 11) is 2.29. The maximum absolute atomic E-state index is 5.85. The summed E-state index contributed by atoms with van der Waals surface area (Å²) in [6.07, 6.45) is 6.30. The maximum Gasteiger partial charge on any atom is 0.142 e. The predicted molar refractivity (Wildman–Crippen MR) is 83.4 cm³/mol. The summed E-state index contributed by atoms with van der Waals surface area (Å²) in [6, 6.07) is 10.5. The molecule has 2 saturated heterocycles. The van der Waals surface area contributed by atoms with Crippen molar-refractivity contribution < 1.29 is 4.74 Å². The Morgan fingerprint density at radius 3 is 2.60 bits per heavy atom. The van der Waals surface area contributed by atoms with E-state index in [4.69, 9.17) is 4.74 Å². The van der Waals surface area contributed by atoms with Crippen LogP contribution in [0.3, 0.4) is 0 Å². The number of rotatable bonds is 5. The molecule has 20 heavy (non-hydrogen) atoms. The van der Waals surface area contributed by atoms with Crippen LogP contribution in [0, 0.1) is 0 Å². The van der Waals surface area contributed by atoms with E-state index in [0.29, 0.717) is 6.04 Å². The number of hydrogen-bond donors (Lipinski definition) is 1. The Morgan fingerprint density at radius 2 is 1.90 bits per heavy atom. The van der Waals surface area contributed by atoms with E-state index < -0.39 is 0 Å². The third-order valence-electron chi connectivity index (χ3n) is 4.81. The molecule has 3 rings (SSSR count). The van der Waals surface area contributed by atoms with Gasteiger partial charge in [0.1, 0.15) is 5.75 Å². The van der Waals surface area contributed by atoms with Gasteiger partial charge in [0.05, 0.1) is 12.3 Å². The second-order valence-electron chi connectivity index (χ2n) is 6.21. The molecule has 2 aliphatic heterocycles. The fourth-order valence-electron chi connectivity index (χ4n) is 3.67. The van der Waals surface area contributed by atoms with E-state index in [1.807, 2.05) is 0 Å². The van der Waals surface area contributed by atoms with Crippen LogP contribution in [0.5, 0.6) is 5.75 Å². The first-order chi connectivity index (χ1) is 9.78. The molecule has 0 aromatic heterocycles. The molecular formula is C17H26N2O. The minimum absolute atomic E-state index is 0.593. The Hall–Kier alpha value is -1.22. The normalized spacial score (nSPS) is 29.4. The van der Waals surface area contributed by atoms with Crippen molar-refractivity contribution in [2.24, 2.45) is 0 Å². The van der Waals surface area contributed by atoms with E-state index >= 15 is 0 Å². The van der Waals surface area contributed by atoms with Gasteiger partial charge in [0, 0.05) is 18.1 Å². The molecule has 0 saturated carbocycles. The zero-order valence-corrected chi connectivity index (χ0v) is 12.6. The van der Waals surface area contributed by atoms with Crippen LogP contribution >= 0.6 is 0 Å². The molecule has 0 aliphatic carbocycles. The molecule has 2 atom stereocenters. The number of ether oxygens (including phenoxy) is 1. The average molecular weight is 274 g/mol. The van der Waals surface area contributed by atoms with E-state index in [0.717, 1.165) is 36.5 Å². The van der Waals surface area contributed by atoms with Crippen molar-refractivity contribution in [2.75, 3.05) is 19.0 Å². The lowest BCUT2D eigenvalue weighted by Gasteiger charge is -2.37. The van der Waals surface area contributed by atoms with Gasteiger partial charge in [-0.1, -0.05) is 19.1 Å². The highest BCUT2D eigenvalue weighted by Crippen LogP contribution is 2.36. The topological polar surface area (TPSA) is 24.5 Å². The van der Waals surface area contributed by atoms with Crippen LogP contribution in [-0.2, 0) is 0 Å². The summed E-state index contributed by atoms with van der Waals surface area (Å²) >= 11 is 0. The summed E-state index contributed by atoms with van der Waals surface area (Å²) in [6.45, 7) is 2.93. The van der Waals surface area contributed by atoms with E-state index in [1.54, 1.807) is 0 Å². The molecule has 1 aromatic carbocycles. The lowest BCUT2D eigenvalue weighted by atomic mass is 9.97. The number of anilines is 1. The van der Waals surface area contributed by atoms with Crippen LogP contribution in [0.25, 0.3) is 0 Å². The van der Waals surface area contributed by atoms with Crippen LogP contribution in [0.15, 0.2) is 24.3 Å². The van der Waals surface area contributed by atoms with Crippen molar-refractivity contribution in [1.82, 2.24) is 4.90 Å². The van der Waals surface area contributed by atoms with E-state index in [9.17, 15) is 0 Å². The largest absolute Gasteiger partial charge is 0.491 e. The molecule has 2 heterocycles. The van der Waals surface area contributed by atoms with Gasteiger partial charge in [-0.05, 0) is 51.3 Å². The highest BCUT2D eigenvalue weighted by atomic mass is 16.5. The summed E-state index contributed by atoms with van der Waals surface area (Å²) in [4.78, 5) is 2.58. The maximum atomic E-state index is 5.85. The SMILES string of the molecule is CCCOc1ccccc1NC1CC2CCC(C1)N2C. The number of hydrogen-bond acceptors (Lipinski definition) is 3. The van der Waals surface area contributed by atoms with Gasteiger partial charge in [0.2, 0.25) is 0 Å². The minimum atomic E-state index is 0.593. The molecule has 2 aliphatic rings. The molecule has 1 aromatic rings. The Kier molecular flexibility index (Phi) is 4.16. The van der Waals surface area contributed by atoms with E-state index in [-0.39, 0.29) is 0 Å². The number of fused-ring (bicyclic) bond motifs is 2. The van der Waals surface area contributed by atoms with Gasteiger partial charge in [0.25, 0.3) is 0 Å². The van der Waals surface area contributed by atoms with Gasteiger partial charge in [-0.2, -0.15) is 0 Å². The van der Waals surface area contributed by atoms with Crippen molar-refractivity contribution in [1.29, 1.82) is 0 Å². The number of piperidine rings is 1. The molecule has 3 heteroatoms. The molecule has 1 N–H and O–H groups in total. The first kappa shape index (κ1) is 13.7. The van der Waals surface area contributed by atoms with Gasteiger partial charge in [-0.15, -0.1) is 0 Å². The third kappa shape index (κ3) is 2.78. The van der Waals surface area contributed by atoms with Gasteiger partial charge >= 0.3 is 0 Å².